The third kappa shape index (κ3) is 2.65. The van der Waals surface area contributed by atoms with Crippen LogP contribution in [0.4, 0.5) is 5.82 Å². The average Bonchev–Trinajstić information content (AvgIpc) is 2.76. The van der Waals surface area contributed by atoms with Crippen molar-refractivity contribution in [3.8, 4) is 0 Å². The number of nitrogen functional groups attached to an aromatic ring is 1. The van der Waals surface area contributed by atoms with Crippen molar-refractivity contribution < 1.29 is 9.21 Å². The highest BCUT2D eigenvalue weighted by Crippen LogP contribution is 2.15. The number of anilines is 1. The molecule has 0 aliphatic heterocycles. The fourth-order valence-electron chi connectivity index (χ4n) is 1.48. The molecule has 18 heavy (non-hydrogen) atoms. The minimum Gasteiger partial charge on any atom is -0.464 e. The van der Waals surface area contributed by atoms with E-state index in [0.29, 0.717) is 5.76 Å². The number of aromatic nitrogens is 2. The first-order valence-electron chi connectivity index (χ1n) is 5.51. The van der Waals surface area contributed by atoms with Crippen molar-refractivity contribution in [2.45, 2.75) is 19.9 Å². The number of hydrogen-bond acceptors (Lipinski definition) is 5. The molecule has 2 aromatic heterocycles. The smallest absolute Gasteiger partial charge is 0.272 e. The Bertz CT molecular complexity index is 547. The van der Waals surface area contributed by atoms with Gasteiger partial charge in [-0.15, -0.1) is 0 Å². The lowest BCUT2D eigenvalue weighted by molar-refractivity contribution is 0.0929. The summed E-state index contributed by atoms with van der Waals surface area (Å²) < 4.78 is 5.43. The molecule has 6 heteroatoms. The lowest BCUT2D eigenvalue weighted by Crippen LogP contribution is -2.27. The zero-order valence-electron chi connectivity index (χ0n) is 10.2. The van der Waals surface area contributed by atoms with Crippen molar-refractivity contribution in [2.24, 2.45) is 0 Å². The zero-order valence-corrected chi connectivity index (χ0v) is 10.2. The minimum absolute atomic E-state index is 0.222. The summed E-state index contributed by atoms with van der Waals surface area (Å²) in [7, 11) is 0. The second kappa shape index (κ2) is 4.87. The van der Waals surface area contributed by atoms with Gasteiger partial charge in [-0.1, -0.05) is 0 Å². The predicted octanol–water partition coefficient (Wildman–Crippen LogP) is 1.45. The highest BCUT2D eigenvalue weighted by Gasteiger charge is 2.15. The van der Waals surface area contributed by atoms with Gasteiger partial charge >= 0.3 is 0 Å². The molecule has 0 aliphatic carbocycles. The van der Waals surface area contributed by atoms with Crippen LogP contribution in [0, 0.1) is 6.92 Å². The SMILES string of the molecule is Cc1ccc(C(C)NC(=O)c2cnc(N)cn2)o1. The van der Waals surface area contributed by atoms with Crippen molar-refractivity contribution in [3.05, 3.63) is 41.7 Å². The molecule has 2 rings (SSSR count). The first-order chi connectivity index (χ1) is 8.56. The van der Waals surface area contributed by atoms with E-state index in [1.54, 1.807) is 0 Å². The van der Waals surface area contributed by atoms with Crippen LogP contribution in [-0.2, 0) is 0 Å². The third-order valence-corrected chi connectivity index (χ3v) is 2.44. The van der Waals surface area contributed by atoms with E-state index in [0.717, 1.165) is 5.76 Å². The van der Waals surface area contributed by atoms with Crippen LogP contribution in [0.5, 0.6) is 0 Å². The van der Waals surface area contributed by atoms with Crippen LogP contribution in [0.15, 0.2) is 28.9 Å². The molecule has 6 nitrogen and oxygen atoms in total. The third-order valence-electron chi connectivity index (χ3n) is 2.44. The second-order valence-electron chi connectivity index (χ2n) is 3.97. The maximum absolute atomic E-state index is 11.9. The maximum atomic E-state index is 11.9. The van der Waals surface area contributed by atoms with Gasteiger partial charge in [-0.3, -0.25) is 4.79 Å². The fraction of sp³-hybridized carbons (Fsp3) is 0.250. The van der Waals surface area contributed by atoms with E-state index in [2.05, 4.69) is 15.3 Å². The number of nitrogens with zero attached hydrogens (tertiary/aromatic N) is 2. The van der Waals surface area contributed by atoms with E-state index in [1.807, 2.05) is 26.0 Å². The van der Waals surface area contributed by atoms with Gasteiger partial charge in [0.1, 0.15) is 23.0 Å². The number of carbonyl (C=O) groups excluding carboxylic acids is 1. The molecule has 0 aliphatic rings. The van der Waals surface area contributed by atoms with Gasteiger partial charge in [0, 0.05) is 0 Å². The van der Waals surface area contributed by atoms with Crippen molar-refractivity contribution in [2.75, 3.05) is 5.73 Å². The molecule has 94 valence electrons. The number of rotatable bonds is 3. The summed E-state index contributed by atoms with van der Waals surface area (Å²) in [6.45, 7) is 3.68. The van der Waals surface area contributed by atoms with Crippen LogP contribution in [0.2, 0.25) is 0 Å². The van der Waals surface area contributed by atoms with Crippen LogP contribution in [0.3, 0.4) is 0 Å². The van der Waals surface area contributed by atoms with Crippen molar-refractivity contribution in [1.29, 1.82) is 0 Å². The van der Waals surface area contributed by atoms with E-state index in [9.17, 15) is 4.79 Å². The lowest BCUT2D eigenvalue weighted by Gasteiger charge is -2.10. The largest absolute Gasteiger partial charge is 0.464 e. The summed E-state index contributed by atoms with van der Waals surface area (Å²) in [4.78, 5) is 19.6. The summed E-state index contributed by atoms with van der Waals surface area (Å²) in [5, 5.41) is 2.77. The summed E-state index contributed by atoms with van der Waals surface area (Å²) in [5.74, 6) is 1.47. The van der Waals surface area contributed by atoms with Crippen molar-refractivity contribution in [1.82, 2.24) is 15.3 Å². The number of nitrogens with one attached hydrogen (secondary N) is 1. The minimum atomic E-state index is -0.316. The molecular weight excluding hydrogens is 232 g/mol. The van der Waals surface area contributed by atoms with Gasteiger partial charge in [-0.2, -0.15) is 0 Å². The number of nitrogens with two attached hydrogens (primary N) is 1. The van der Waals surface area contributed by atoms with E-state index in [4.69, 9.17) is 10.2 Å². The summed E-state index contributed by atoms with van der Waals surface area (Å²) in [5.41, 5.74) is 5.62. The quantitative estimate of drug-likeness (QED) is 0.854. The predicted molar refractivity (Wildman–Crippen MR) is 65.8 cm³/mol. The molecule has 0 saturated heterocycles. The molecule has 0 saturated carbocycles. The Hall–Kier alpha value is -2.37. The van der Waals surface area contributed by atoms with Gasteiger partial charge in [-0.25, -0.2) is 9.97 Å². The first-order valence-corrected chi connectivity index (χ1v) is 5.51. The van der Waals surface area contributed by atoms with E-state index >= 15 is 0 Å². The van der Waals surface area contributed by atoms with E-state index in [-0.39, 0.29) is 23.5 Å². The van der Waals surface area contributed by atoms with E-state index in [1.165, 1.54) is 12.4 Å². The Balaban J connectivity index is 2.05. The number of aryl methyl sites for hydroxylation is 1. The van der Waals surface area contributed by atoms with Crippen LogP contribution in [-0.4, -0.2) is 15.9 Å². The molecule has 0 radical (unpaired) electrons. The topological polar surface area (TPSA) is 94.0 Å². The monoisotopic (exact) mass is 246 g/mol. The molecule has 3 N–H and O–H groups in total. The standard InChI is InChI=1S/C12H14N4O2/c1-7-3-4-10(18-7)8(2)16-12(17)9-5-15-11(13)6-14-9/h3-6,8H,1-2H3,(H2,13,15)(H,16,17). The normalized spacial score (nSPS) is 12.1. The fourth-order valence-corrected chi connectivity index (χ4v) is 1.48. The Morgan fingerprint density at radius 3 is 2.72 bits per heavy atom. The average molecular weight is 246 g/mol. The molecular formula is C12H14N4O2. The first kappa shape index (κ1) is 12.1. The Labute approximate surface area is 104 Å². The highest BCUT2D eigenvalue weighted by atomic mass is 16.3. The van der Waals surface area contributed by atoms with Crippen LogP contribution >= 0.6 is 0 Å². The summed E-state index contributed by atoms with van der Waals surface area (Å²) in [6.07, 6.45) is 2.68. The molecule has 2 aromatic rings. The molecule has 0 bridgehead atoms. The van der Waals surface area contributed by atoms with E-state index < -0.39 is 0 Å². The molecule has 1 amide bonds. The highest BCUT2D eigenvalue weighted by molar-refractivity contribution is 5.92. The maximum Gasteiger partial charge on any atom is 0.272 e. The Kier molecular flexibility index (Phi) is 3.27. The van der Waals surface area contributed by atoms with Gasteiger partial charge in [0.2, 0.25) is 0 Å². The van der Waals surface area contributed by atoms with Crippen LogP contribution < -0.4 is 11.1 Å². The summed E-state index contributed by atoms with van der Waals surface area (Å²) in [6, 6.07) is 3.45. The van der Waals surface area contributed by atoms with Crippen molar-refractivity contribution in [3.63, 3.8) is 0 Å². The van der Waals surface area contributed by atoms with Crippen LogP contribution in [0.25, 0.3) is 0 Å². The summed E-state index contributed by atoms with van der Waals surface area (Å²) >= 11 is 0. The zero-order chi connectivity index (χ0) is 13.1. The second-order valence-corrected chi connectivity index (χ2v) is 3.97. The van der Waals surface area contributed by atoms with Gasteiger partial charge in [-0.05, 0) is 26.0 Å². The van der Waals surface area contributed by atoms with Gasteiger partial charge < -0.3 is 15.5 Å². The number of amides is 1. The number of hydrogen-bond donors (Lipinski definition) is 2. The van der Waals surface area contributed by atoms with Gasteiger partial charge in [0.05, 0.1) is 18.4 Å². The molecule has 1 unspecified atom stereocenters. The number of furan rings is 1. The van der Waals surface area contributed by atoms with Crippen LogP contribution in [0.1, 0.15) is 35.0 Å². The number of carbonyl (C=O) groups is 1. The molecule has 2 heterocycles. The molecule has 0 fully saturated rings. The molecule has 0 spiro atoms. The van der Waals surface area contributed by atoms with Gasteiger partial charge in [0.25, 0.3) is 5.91 Å². The Morgan fingerprint density at radius 2 is 2.17 bits per heavy atom. The Morgan fingerprint density at radius 1 is 1.39 bits per heavy atom. The van der Waals surface area contributed by atoms with Crippen molar-refractivity contribution >= 4 is 11.7 Å². The van der Waals surface area contributed by atoms with Gasteiger partial charge in [0.15, 0.2) is 0 Å². The molecule has 0 aromatic carbocycles. The lowest BCUT2D eigenvalue weighted by atomic mass is 10.2. The molecule has 1 atom stereocenters.